The second-order valence-corrected chi connectivity index (χ2v) is 4.88. The lowest BCUT2D eigenvalue weighted by Gasteiger charge is -2.25. The van der Waals surface area contributed by atoms with Crippen LogP contribution in [0.3, 0.4) is 0 Å². The average molecular weight is 252 g/mol. The highest BCUT2D eigenvalue weighted by molar-refractivity contribution is 5.95. The molecule has 1 aliphatic rings. The van der Waals surface area contributed by atoms with Crippen LogP contribution >= 0.6 is 0 Å². The molecule has 0 unspecified atom stereocenters. The average Bonchev–Trinajstić information content (AvgIpc) is 2.97. The summed E-state index contributed by atoms with van der Waals surface area (Å²) in [5.41, 5.74) is 0.0572. The van der Waals surface area contributed by atoms with Gasteiger partial charge in [-0.2, -0.15) is 0 Å². The number of aromatic nitrogens is 1. The zero-order chi connectivity index (χ0) is 13.3. The van der Waals surface area contributed by atoms with Gasteiger partial charge < -0.3 is 14.5 Å². The molecule has 18 heavy (non-hydrogen) atoms. The molecular weight excluding hydrogens is 236 g/mol. The number of hydrogen-bond acceptors (Lipinski definition) is 4. The fourth-order valence-corrected chi connectivity index (χ4v) is 1.73. The van der Waals surface area contributed by atoms with E-state index >= 15 is 0 Å². The smallest absolute Gasteiger partial charge is 0.374 e. The van der Waals surface area contributed by atoms with E-state index < -0.39 is 5.97 Å². The third kappa shape index (κ3) is 2.69. The minimum absolute atomic E-state index is 0.0572. The van der Waals surface area contributed by atoms with Crippen molar-refractivity contribution in [3.63, 3.8) is 0 Å². The lowest BCUT2D eigenvalue weighted by molar-refractivity contribution is 0.0643. The molecule has 1 fully saturated rings. The van der Waals surface area contributed by atoms with Gasteiger partial charge in [-0.1, -0.05) is 5.16 Å². The zero-order valence-electron chi connectivity index (χ0n) is 10.4. The highest BCUT2D eigenvalue weighted by Crippen LogP contribution is 2.30. The maximum atomic E-state index is 12.2. The highest BCUT2D eigenvalue weighted by Gasteiger charge is 2.30. The first-order chi connectivity index (χ1) is 8.49. The third-order valence-electron chi connectivity index (χ3n) is 2.98. The molecule has 0 saturated heterocycles. The van der Waals surface area contributed by atoms with Crippen LogP contribution in [0.2, 0.25) is 0 Å². The molecule has 0 bridgehead atoms. The molecule has 1 aromatic rings. The van der Waals surface area contributed by atoms with Crippen LogP contribution in [0.5, 0.6) is 0 Å². The number of carbonyl (C=O) groups is 2. The van der Waals surface area contributed by atoms with Gasteiger partial charge in [0, 0.05) is 18.7 Å². The van der Waals surface area contributed by atoms with Gasteiger partial charge in [0.05, 0.1) is 0 Å². The lowest BCUT2D eigenvalue weighted by atomic mass is 10.2. The van der Waals surface area contributed by atoms with Crippen LogP contribution in [0.4, 0.5) is 0 Å². The summed E-state index contributed by atoms with van der Waals surface area (Å²) in [7, 11) is 0. The number of carboxylic acids is 1. The van der Waals surface area contributed by atoms with Gasteiger partial charge in [0.1, 0.15) is 0 Å². The van der Waals surface area contributed by atoms with Gasteiger partial charge >= 0.3 is 5.97 Å². The summed E-state index contributed by atoms with van der Waals surface area (Å²) in [6.45, 7) is 4.56. The molecule has 1 heterocycles. The fraction of sp³-hybridized carbons (Fsp3) is 0.583. The van der Waals surface area contributed by atoms with E-state index in [1.165, 1.54) is 6.07 Å². The lowest BCUT2D eigenvalue weighted by Crippen LogP contribution is -2.38. The molecule has 1 saturated carbocycles. The van der Waals surface area contributed by atoms with Crippen molar-refractivity contribution >= 4 is 11.9 Å². The van der Waals surface area contributed by atoms with Crippen molar-refractivity contribution in [1.29, 1.82) is 0 Å². The largest absolute Gasteiger partial charge is 0.475 e. The summed E-state index contributed by atoms with van der Waals surface area (Å²) in [4.78, 5) is 24.6. The second kappa shape index (κ2) is 4.80. The zero-order valence-corrected chi connectivity index (χ0v) is 10.4. The van der Waals surface area contributed by atoms with Gasteiger partial charge in [-0.25, -0.2) is 4.79 Å². The minimum Gasteiger partial charge on any atom is -0.475 e. The Hall–Kier alpha value is -1.85. The third-order valence-corrected chi connectivity index (χ3v) is 2.98. The van der Waals surface area contributed by atoms with Gasteiger partial charge in [-0.3, -0.25) is 4.79 Å². The molecule has 0 atom stereocenters. The Morgan fingerprint density at radius 1 is 1.56 bits per heavy atom. The van der Waals surface area contributed by atoms with E-state index in [0.29, 0.717) is 12.5 Å². The molecule has 2 rings (SSSR count). The van der Waals surface area contributed by atoms with Gasteiger partial charge in [0.15, 0.2) is 5.69 Å². The minimum atomic E-state index is -1.22. The fourth-order valence-electron chi connectivity index (χ4n) is 1.73. The molecule has 1 aliphatic carbocycles. The quantitative estimate of drug-likeness (QED) is 0.861. The molecule has 0 aliphatic heterocycles. The molecule has 0 spiro atoms. The SMILES string of the molecule is CC(C)N(CC1CC1)C(=O)c1cc(C(=O)O)on1. The van der Waals surface area contributed by atoms with Crippen molar-refractivity contribution in [2.75, 3.05) is 6.54 Å². The molecule has 1 aromatic heterocycles. The number of hydrogen-bond donors (Lipinski definition) is 1. The Morgan fingerprint density at radius 3 is 2.67 bits per heavy atom. The van der Waals surface area contributed by atoms with Crippen LogP contribution in [-0.4, -0.2) is 39.6 Å². The summed E-state index contributed by atoms with van der Waals surface area (Å²) >= 11 is 0. The Balaban J connectivity index is 2.12. The molecular formula is C12H16N2O4. The molecule has 98 valence electrons. The number of aromatic carboxylic acids is 1. The molecule has 1 N–H and O–H groups in total. The molecule has 0 aromatic carbocycles. The predicted octanol–water partition coefficient (Wildman–Crippen LogP) is 1.63. The van der Waals surface area contributed by atoms with Gasteiger partial charge in [0.25, 0.3) is 5.91 Å². The first-order valence-corrected chi connectivity index (χ1v) is 6.00. The summed E-state index contributed by atoms with van der Waals surface area (Å²) in [5, 5.41) is 12.2. The first kappa shape index (κ1) is 12.6. The van der Waals surface area contributed by atoms with Gasteiger partial charge in [-0.05, 0) is 32.6 Å². The van der Waals surface area contributed by atoms with Crippen LogP contribution in [0.15, 0.2) is 10.6 Å². The van der Waals surface area contributed by atoms with E-state index in [1.54, 1.807) is 4.90 Å². The number of amides is 1. The molecule has 6 heteroatoms. The molecule has 1 amide bonds. The van der Waals surface area contributed by atoms with Crippen molar-refractivity contribution < 1.29 is 19.2 Å². The van der Waals surface area contributed by atoms with E-state index in [9.17, 15) is 9.59 Å². The van der Waals surface area contributed by atoms with Gasteiger partial charge in [-0.15, -0.1) is 0 Å². The van der Waals surface area contributed by atoms with Crippen molar-refractivity contribution in [3.05, 3.63) is 17.5 Å². The highest BCUT2D eigenvalue weighted by atomic mass is 16.5. The summed E-state index contributed by atoms with van der Waals surface area (Å²) in [6, 6.07) is 1.23. The maximum Gasteiger partial charge on any atom is 0.374 e. The van der Waals surface area contributed by atoms with E-state index in [4.69, 9.17) is 5.11 Å². The van der Waals surface area contributed by atoms with Crippen molar-refractivity contribution in [3.8, 4) is 0 Å². The van der Waals surface area contributed by atoms with Crippen LogP contribution in [-0.2, 0) is 0 Å². The van der Waals surface area contributed by atoms with Crippen molar-refractivity contribution in [1.82, 2.24) is 10.1 Å². The molecule has 6 nitrogen and oxygen atoms in total. The Kier molecular flexibility index (Phi) is 3.36. The van der Waals surface area contributed by atoms with Crippen LogP contribution in [0.25, 0.3) is 0 Å². The normalized spacial score (nSPS) is 14.8. The Labute approximate surface area is 105 Å². The first-order valence-electron chi connectivity index (χ1n) is 6.00. The number of rotatable bonds is 5. The van der Waals surface area contributed by atoms with Crippen LogP contribution in [0.1, 0.15) is 47.7 Å². The number of carboxylic acid groups (broad SMARTS) is 1. The van der Waals surface area contributed by atoms with Crippen molar-refractivity contribution in [2.24, 2.45) is 5.92 Å². The topological polar surface area (TPSA) is 83.6 Å². The summed E-state index contributed by atoms with van der Waals surface area (Å²) in [5.74, 6) is -1.23. The standard InChI is InChI=1S/C12H16N2O4/c1-7(2)14(6-8-3-4-8)11(15)9-5-10(12(16)17)18-13-9/h5,7-8H,3-4,6H2,1-2H3,(H,16,17). The number of carbonyl (C=O) groups excluding carboxylic acids is 1. The monoisotopic (exact) mass is 252 g/mol. The van der Waals surface area contributed by atoms with E-state index in [2.05, 4.69) is 9.68 Å². The Morgan fingerprint density at radius 2 is 2.22 bits per heavy atom. The van der Waals surface area contributed by atoms with E-state index in [1.807, 2.05) is 13.8 Å². The maximum absolute atomic E-state index is 12.2. The van der Waals surface area contributed by atoms with E-state index in [-0.39, 0.29) is 23.4 Å². The summed E-state index contributed by atoms with van der Waals surface area (Å²) < 4.78 is 4.60. The number of nitrogens with zero attached hydrogens (tertiary/aromatic N) is 2. The summed E-state index contributed by atoms with van der Waals surface area (Å²) in [6.07, 6.45) is 2.30. The predicted molar refractivity (Wildman–Crippen MR) is 62.4 cm³/mol. The van der Waals surface area contributed by atoms with Crippen molar-refractivity contribution in [2.45, 2.75) is 32.7 Å². The Bertz CT molecular complexity index is 462. The van der Waals surface area contributed by atoms with Gasteiger partial charge in [0.2, 0.25) is 5.76 Å². The second-order valence-electron chi connectivity index (χ2n) is 4.88. The van der Waals surface area contributed by atoms with Crippen LogP contribution in [0, 0.1) is 5.92 Å². The molecule has 0 radical (unpaired) electrons. The van der Waals surface area contributed by atoms with Crippen LogP contribution < -0.4 is 0 Å². The van der Waals surface area contributed by atoms with E-state index in [0.717, 1.165) is 12.8 Å².